The Hall–Kier alpha value is -2.55. The zero-order valence-corrected chi connectivity index (χ0v) is 17.4. The van der Waals surface area contributed by atoms with Crippen molar-refractivity contribution in [2.24, 2.45) is 0 Å². The van der Waals surface area contributed by atoms with E-state index in [1.807, 2.05) is 0 Å². The summed E-state index contributed by atoms with van der Waals surface area (Å²) in [5.41, 5.74) is 2.25. The number of carbonyl (C=O) groups excluding carboxylic acids is 2. The van der Waals surface area contributed by atoms with E-state index >= 15 is 0 Å². The number of nitrogens with one attached hydrogen (secondary N) is 4. The largest absolute Gasteiger partial charge is 0.332 e. The van der Waals surface area contributed by atoms with Crippen molar-refractivity contribution in [1.29, 1.82) is 0 Å². The smallest absolute Gasteiger partial charge is 0.230 e. The zero-order valence-electron chi connectivity index (χ0n) is 15.0. The van der Waals surface area contributed by atoms with E-state index in [0.717, 1.165) is 5.56 Å². The Kier molecular flexibility index (Phi) is 8.31. The summed E-state index contributed by atoms with van der Waals surface area (Å²) in [6, 6.07) is 14.1. The van der Waals surface area contributed by atoms with Crippen LogP contribution < -0.4 is 21.3 Å². The van der Waals surface area contributed by atoms with Crippen LogP contribution in [0.1, 0.15) is 18.9 Å². The van der Waals surface area contributed by atoms with Crippen LogP contribution in [0.4, 0.5) is 11.4 Å². The van der Waals surface area contributed by atoms with Gasteiger partial charge in [-0.05, 0) is 66.4 Å². The molecule has 0 heterocycles. The Morgan fingerprint density at radius 1 is 0.821 bits per heavy atom. The normalized spacial score (nSPS) is 9.93. The first kappa shape index (κ1) is 21.7. The molecule has 9 heteroatoms. The minimum Gasteiger partial charge on any atom is -0.332 e. The average Bonchev–Trinajstić information content (AvgIpc) is 2.65. The van der Waals surface area contributed by atoms with E-state index in [1.54, 1.807) is 55.5 Å². The van der Waals surface area contributed by atoms with Crippen LogP contribution in [0.3, 0.4) is 0 Å². The summed E-state index contributed by atoms with van der Waals surface area (Å²) < 4.78 is 0. The molecule has 0 atom stereocenters. The Labute approximate surface area is 179 Å². The molecule has 2 aromatic rings. The predicted molar refractivity (Wildman–Crippen MR) is 121 cm³/mol. The van der Waals surface area contributed by atoms with Gasteiger partial charge in [0.05, 0.1) is 6.42 Å². The first-order valence-electron chi connectivity index (χ1n) is 8.42. The lowest BCUT2D eigenvalue weighted by Gasteiger charge is -2.12. The number of halogens is 1. The number of amides is 2. The molecule has 0 bridgehead atoms. The topological polar surface area (TPSA) is 82.3 Å². The molecular weight excluding hydrogens is 416 g/mol. The minimum atomic E-state index is -0.227. The van der Waals surface area contributed by atoms with E-state index in [4.69, 9.17) is 36.0 Å². The number of hydrogen-bond acceptors (Lipinski definition) is 4. The Balaban J connectivity index is 1.81. The molecule has 146 valence electrons. The fraction of sp³-hybridized carbons (Fsp3) is 0.158. The quantitative estimate of drug-likeness (QED) is 0.538. The number of thiocarbonyl (C=S) groups is 2. The van der Waals surface area contributed by atoms with Gasteiger partial charge in [-0.2, -0.15) is 0 Å². The van der Waals surface area contributed by atoms with Crippen LogP contribution in [0.15, 0.2) is 48.5 Å². The first-order chi connectivity index (χ1) is 13.4. The van der Waals surface area contributed by atoms with Crippen molar-refractivity contribution < 1.29 is 9.59 Å². The third-order valence-corrected chi connectivity index (χ3v) is 4.17. The SMILES string of the molecule is CCC(=O)NC(=S)Nc1ccc(NC(=S)NC(=O)Cc2ccc(Cl)cc2)cc1. The second-order valence-corrected chi connectivity index (χ2v) is 6.99. The molecule has 0 unspecified atom stereocenters. The molecule has 0 aliphatic heterocycles. The summed E-state index contributed by atoms with van der Waals surface area (Å²) >= 11 is 16.0. The minimum absolute atomic E-state index is 0.157. The van der Waals surface area contributed by atoms with Gasteiger partial charge in [0.2, 0.25) is 11.8 Å². The van der Waals surface area contributed by atoms with Crippen molar-refractivity contribution >= 4 is 69.5 Å². The van der Waals surface area contributed by atoms with Crippen molar-refractivity contribution in [3.05, 3.63) is 59.1 Å². The summed E-state index contributed by atoms with van der Waals surface area (Å²) in [6.07, 6.45) is 0.550. The third kappa shape index (κ3) is 7.59. The van der Waals surface area contributed by atoms with Gasteiger partial charge >= 0.3 is 0 Å². The van der Waals surface area contributed by atoms with Gasteiger partial charge in [-0.25, -0.2) is 0 Å². The van der Waals surface area contributed by atoms with E-state index < -0.39 is 0 Å². The van der Waals surface area contributed by atoms with Gasteiger partial charge in [0.1, 0.15) is 0 Å². The number of benzene rings is 2. The molecule has 0 saturated carbocycles. The van der Waals surface area contributed by atoms with E-state index in [2.05, 4.69) is 21.3 Å². The predicted octanol–water partition coefficient (Wildman–Crippen LogP) is 3.62. The summed E-state index contributed by atoms with van der Waals surface area (Å²) in [5.74, 6) is -0.384. The van der Waals surface area contributed by atoms with Crippen LogP contribution >= 0.6 is 36.0 Å². The highest BCUT2D eigenvalue weighted by Gasteiger charge is 2.07. The van der Waals surface area contributed by atoms with E-state index in [0.29, 0.717) is 22.8 Å². The maximum atomic E-state index is 12.1. The lowest BCUT2D eigenvalue weighted by Crippen LogP contribution is -2.35. The second-order valence-electron chi connectivity index (χ2n) is 5.74. The molecule has 0 fully saturated rings. The maximum Gasteiger partial charge on any atom is 0.230 e. The molecular formula is C19H19ClN4O2S2. The van der Waals surface area contributed by atoms with Crippen LogP contribution in [0.2, 0.25) is 5.02 Å². The zero-order chi connectivity index (χ0) is 20.5. The van der Waals surface area contributed by atoms with Gasteiger partial charge in [-0.3, -0.25) is 9.59 Å². The van der Waals surface area contributed by atoms with Gasteiger partial charge < -0.3 is 21.3 Å². The third-order valence-electron chi connectivity index (χ3n) is 3.51. The standard InChI is InChI=1S/C19H19ClN4O2S2/c1-2-16(25)23-18(27)21-14-7-9-15(10-8-14)22-19(28)24-17(26)11-12-3-5-13(20)6-4-12/h3-10H,2,11H2,1H3,(H2,21,23,25,27)(H2,22,24,26,28). The van der Waals surface area contributed by atoms with E-state index in [-0.39, 0.29) is 28.5 Å². The van der Waals surface area contributed by atoms with E-state index in [9.17, 15) is 9.59 Å². The van der Waals surface area contributed by atoms with Crippen molar-refractivity contribution in [3.8, 4) is 0 Å². The van der Waals surface area contributed by atoms with Crippen LogP contribution in [0.25, 0.3) is 0 Å². The average molecular weight is 435 g/mol. The summed E-state index contributed by atoms with van der Waals surface area (Å²) in [7, 11) is 0. The highest BCUT2D eigenvalue weighted by molar-refractivity contribution is 7.80. The molecule has 0 aliphatic carbocycles. The lowest BCUT2D eigenvalue weighted by molar-refractivity contribution is -0.120. The number of anilines is 2. The fourth-order valence-electron chi connectivity index (χ4n) is 2.14. The molecule has 4 N–H and O–H groups in total. The number of hydrogen-bond donors (Lipinski definition) is 4. The van der Waals surface area contributed by atoms with Crippen molar-refractivity contribution in [2.45, 2.75) is 19.8 Å². The van der Waals surface area contributed by atoms with Crippen LogP contribution in [0, 0.1) is 0 Å². The van der Waals surface area contributed by atoms with Crippen molar-refractivity contribution in [1.82, 2.24) is 10.6 Å². The number of rotatable bonds is 5. The fourth-order valence-corrected chi connectivity index (χ4v) is 2.72. The molecule has 2 aromatic carbocycles. The monoisotopic (exact) mass is 434 g/mol. The molecule has 6 nitrogen and oxygen atoms in total. The second kappa shape index (κ2) is 10.7. The molecule has 2 amide bonds. The molecule has 0 aromatic heterocycles. The molecule has 0 aliphatic rings. The molecule has 0 spiro atoms. The summed E-state index contributed by atoms with van der Waals surface area (Å²) in [5, 5.41) is 12.1. The van der Waals surface area contributed by atoms with Gasteiger partial charge in [0.25, 0.3) is 0 Å². The highest BCUT2D eigenvalue weighted by Crippen LogP contribution is 2.14. The maximum absolute atomic E-state index is 12.1. The van der Waals surface area contributed by atoms with Crippen molar-refractivity contribution in [3.63, 3.8) is 0 Å². The van der Waals surface area contributed by atoms with Gasteiger partial charge in [0.15, 0.2) is 10.2 Å². The van der Waals surface area contributed by atoms with Gasteiger partial charge in [-0.1, -0.05) is 30.7 Å². The Morgan fingerprint density at radius 3 is 1.75 bits per heavy atom. The molecule has 0 radical (unpaired) electrons. The molecule has 0 saturated heterocycles. The van der Waals surface area contributed by atoms with Gasteiger partial charge in [-0.15, -0.1) is 0 Å². The summed E-state index contributed by atoms with van der Waals surface area (Å²) in [4.78, 5) is 23.4. The first-order valence-corrected chi connectivity index (χ1v) is 9.61. The highest BCUT2D eigenvalue weighted by atomic mass is 35.5. The van der Waals surface area contributed by atoms with Crippen LogP contribution in [0.5, 0.6) is 0 Å². The van der Waals surface area contributed by atoms with Gasteiger partial charge in [0, 0.05) is 22.8 Å². The Bertz CT molecular complexity index is 871. The van der Waals surface area contributed by atoms with Crippen LogP contribution in [-0.4, -0.2) is 22.0 Å². The summed E-state index contributed by atoms with van der Waals surface area (Å²) in [6.45, 7) is 1.75. The molecule has 28 heavy (non-hydrogen) atoms. The van der Waals surface area contributed by atoms with Crippen molar-refractivity contribution in [2.75, 3.05) is 10.6 Å². The molecule has 2 rings (SSSR count). The Morgan fingerprint density at radius 2 is 1.29 bits per heavy atom. The lowest BCUT2D eigenvalue weighted by atomic mass is 10.1. The van der Waals surface area contributed by atoms with E-state index in [1.165, 1.54) is 0 Å². The van der Waals surface area contributed by atoms with Crippen LogP contribution in [-0.2, 0) is 16.0 Å². The number of carbonyl (C=O) groups is 2.